The highest BCUT2D eigenvalue weighted by atomic mass is 16.1. The molecule has 0 bridgehead atoms. The largest absolute Gasteiger partial charge is 0.382 e. The molecule has 0 spiro atoms. The quantitative estimate of drug-likeness (QED) is 0.766. The molecule has 0 unspecified atom stereocenters. The van der Waals surface area contributed by atoms with Crippen molar-refractivity contribution >= 4 is 5.69 Å². The third-order valence-electron chi connectivity index (χ3n) is 3.03. The summed E-state index contributed by atoms with van der Waals surface area (Å²) >= 11 is 0. The molecule has 1 aromatic carbocycles. The predicted octanol–water partition coefficient (Wildman–Crippen LogP) is 0.795. The first-order valence-corrected chi connectivity index (χ1v) is 6.68. The summed E-state index contributed by atoms with van der Waals surface area (Å²) in [5.74, 6) is 0. The van der Waals surface area contributed by atoms with Crippen molar-refractivity contribution in [1.29, 1.82) is 5.26 Å². The summed E-state index contributed by atoms with van der Waals surface area (Å²) in [6, 6.07) is 10.8. The van der Waals surface area contributed by atoms with E-state index in [2.05, 4.69) is 21.8 Å². The molecule has 0 aliphatic rings. The van der Waals surface area contributed by atoms with Crippen LogP contribution in [0.3, 0.4) is 0 Å². The van der Waals surface area contributed by atoms with Crippen molar-refractivity contribution in [3.8, 4) is 6.07 Å². The van der Waals surface area contributed by atoms with E-state index in [1.54, 1.807) is 18.3 Å². The van der Waals surface area contributed by atoms with E-state index in [0.29, 0.717) is 17.8 Å². The van der Waals surface area contributed by atoms with Crippen LogP contribution >= 0.6 is 0 Å². The monoisotopic (exact) mass is 283 g/mol. The fourth-order valence-electron chi connectivity index (χ4n) is 1.91. The first-order valence-electron chi connectivity index (χ1n) is 6.68. The number of rotatable bonds is 6. The summed E-state index contributed by atoms with van der Waals surface area (Å²) in [5, 5.41) is 19.3. The average Bonchev–Trinajstić information content (AvgIpc) is 2.50. The Kier molecular flexibility index (Phi) is 5.07. The van der Waals surface area contributed by atoms with E-state index in [1.165, 1.54) is 10.7 Å². The van der Waals surface area contributed by atoms with Crippen LogP contribution in [0.25, 0.3) is 0 Å². The highest BCUT2D eigenvalue weighted by Crippen LogP contribution is 2.08. The Morgan fingerprint density at radius 3 is 2.86 bits per heavy atom. The minimum absolute atomic E-state index is 0.197. The fraction of sp³-hybridized carbons (Fsp3) is 0.267. The fourth-order valence-corrected chi connectivity index (χ4v) is 1.91. The van der Waals surface area contributed by atoms with E-state index in [0.717, 1.165) is 18.7 Å². The van der Waals surface area contributed by atoms with Gasteiger partial charge in [-0.2, -0.15) is 10.4 Å². The van der Waals surface area contributed by atoms with Crippen LogP contribution in [0.15, 0.2) is 41.3 Å². The van der Waals surface area contributed by atoms with Gasteiger partial charge in [-0.05, 0) is 18.7 Å². The molecule has 6 nitrogen and oxygen atoms in total. The summed E-state index contributed by atoms with van der Waals surface area (Å²) in [5.41, 5.74) is 1.84. The molecule has 1 aromatic heterocycles. The number of anilines is 1. The molecular formula is C15H17N5O. The topological polar surface area (TPSA) is 82.7 Å². The van der Waals surface area contributed by atoms with E-state index >= 15 is 0 Å². The highest BCUT2D eigenvalue weighted by molar-refractivity contribution is 5.40. The lowest BCUT2D eigenvalue weighted by molar-refractivity contribution is 0.638. The average molecular weight is 283 g/mol. The zero-order valence-corrected chi connectivity index (χ0v) is 11.8. The van der Waals surface area contributed by atoms with Crippen LogP contribution in [-0.2, 0) is 6.54 Å². The SMILES string of the molecule is CNCCNc1cnn(Cc2ccccc2C#N)c(=O)c1. The second kappa shape index (κ2) is 7.22. The van der Waals surface area contributed by atoms with Crippen LogP contribution in [0.4, 0.5) is 5.69 Å². The number of hydrogen-bond acceptors (Lipinski definition) is 5. The lowest BCUT2D eigenvalue weighted by atomic mass is 10.1. The Bertz CT molecular complexity index is 702. The molecular weight excluding hydrogens is 266 g/mol. The molecule has 6 heteroatoms. The Balaban J connectivity index is 2.15. The zero-order chi connectivity index (χ0) is 15.1. The van der Waals surface area contributed by atoms with Crippen molar-refractivity contribution in [1.82, 2.24) is 15.1 Å². The minimum Gasteiger partial charge on any atom is -0.382 e. The first kappa shape index (κ1) is 14.8. The number of hydrogen-bond donors (Lipinski definition) is 2. The van der Waals surface area contributed by atoms with Crippen LogP contribution < -0.4 is 16.2 Å². The van der Waals surface area contributed by atoms with Crippen molar-refractivity contribution in [2.45, 2.75) is 6.54 Å². The van der Waals surface area contributed by atoms with E-state index in [1.807, 2.05) is 19.2 Å². The van der Waals surface area contributed by atoms with Crippen LogP contribution in [0.1, 0.15) is 11.1 Å². The molecule has 0 radical (unpaired) electrons. The van der Waals surface area contributed by atoms with E-state index in [9.17, 15) is 4.79 Å². The smallest absolute Gasteiger partial charge is 0.269 e. The lowest BCUT2D eigenvalue weighted by Gasteiger charge is -2.08. The first-order chi connectivity index (χ1) is 10.2. The van der Waals surface area contributed by atoms with Crippen LogP contribution in [0, 0.1) is 11.3 Å². The van der Waals surface area contributed by atoms with Gasteiger partial charge in [0.15, 0.2) is 0 Å². The van der Waals surface area contributed by atoms with Crippen molar-refractivity contribution in [3.05, 3.63) is 58.0 Å². The second-order valence-electron chi connectivity index (χ2n) is 4.54. The molecule has 0 saturated carbocycles. The summed E-state index contributed by atoms with van der Waals surface area (Å²) in [6.07, 6.45) is 1.62. The maximum atomic E-state index is 12.0. The van der Waals surface area contributed by atoms with Gasteiger partial charge in [0.2, 0.25) is 0 Å². The van der Waals surface area contributed by atoms with Crippen LogP contribution in [0.2, 0.25) is 0 Å². The molecule has 21 heavy (non-hydrogen) atoms. The Morgan fingerprint density at radius 2 is 2.14 bits per heavy atom. The van der Waals surface area contributed by atoms with Gasteiger partial charge in [0.05, 0.1) is 30.1 Å². The minimum atomic E-state index is -0.197. The molecule has 0 saturated heterocycles. The number of nitrogens with one attached hydrogen (secondary N) is 2. The molecule has 108 valence electrons. The molecule has 2 N–H and O–H groups in total. The summed E-state index contributed by atoms with van der Waals surface area (Å²) in [4.78, 5) is 12.0. The van der Waals surface area contributed by atoms with Gasteiger partial charge in [-0.15, -0.1) is 0 Å². The van der Waals surface area contributed by atoms with E-state index in [-0.39, 0.29) is 5.56 Å². The van der Waals surface area contributed by atoms with Crippen LogP contribution in [-0.4, -0.2) is 29.9 Å². The third kappa shape index (κ3) is 3.91. The molecule has 2 rings (SSSR count). The molecule has 0 fully saturated rings. The zero-order valence-electron chi connectivity index (χ0n) is 11.8. The standard InChI is InChI=1S/C15H17N5O/c1-17-6-7-18-14-8-15(21)20(19-10-14)11-13-5-3-2-4-12(13)9-16/h2-5,8,10,17-18H,6-7,11H2,1H3. The maximum Gasteiger partial charge on any atom is 0.269 e. The van der Waals surface area contributed by atoms with Gasteiger partial charge in [0.25, 0.3) is 5.56 Å². The van der Waals surface area contributed by atoms with Gasteiger partial charge in [0.1, 0.15) is 0 Å². The predicted molar refractivity (Wildman–Crippen MR) is 81.2 cm³/mol. The van der Waals surface area contributed by atoms with E-state index in [4.69, 9.17) is 5.26 Å². The summed E-state index contributed by atoms with van der Waals surface area (Å²) in [7, 11) is 1.87. The van der Waals surface area contributed by atoms with Gasteiger partial charge < -0.3 is 10.6 Å². The van der Waals surface area contributed by atoms with Crippen molar-refractivity contribution in [2.75, 3.05) is 25.5 Å². The molecule has 0 aliphatic heterocycles. The van der Waals surface area contributed by atoms with Gasteiger partial charge >= 0.3 is 0 Å². The van der Waals surface area contributed by atoms with Gasteiger partial charge in [0, 0.05) is 19.2 Å². The van der Waals surface area contributed by atoms with E-state index < -0.39 is 0 Å². The van der Waals surface area contributed by atoms with Gasteiger partial charge in [-0.1, -0.05) is 18.2 Å². The molecule has 2 aromatic rings. The lowest BCUT2D eigenvalue weighted by Crippen LogP contribution is -2.24. The Labute approximate surface area is 123 Å². The molecule has 0 atom stereocenters. The maximum absolute atomic E-state index is 12.0. The second-order valence-corrected chi connectivity index (χ2v) is 4.54. The third-order valence-corrected chi connectivity index (χ3v) is 3.03. The van der Waals surface area contributed by atoms with Crippen molar-refractivity contribution in [2.24, 2.45) is 0 Å². The number of likely N-dealkylation sites (N-methyl/N-ethyl adjacent to an activating group) is 1. The highest BCUT2D eigenvalue weighted by Gasteiger charge is 2.05. The number of nitrogens with zero attached hydrogens (tertiary/aromatic N) is 3. The van der Waals surface area contributed by atoms with Crippen molar-refractivity contribution in [3.63, 3.8) is 0 Å². The van der Waals surface area contributed by atoms with Gasteiger partial charge in [-0.25, -0.2) is 4.68 Å². The normalized spacial score (nSPS) is 10.1. The molecule has 0 aliphatic carbocycles. The number of benzene rings is 1. The number of nitriles is 1. The van der Waals surface area contributed by atoms with Crippen molar-refractivity contribution < 1.29 is 0 Å². The Hall–Kier alpha value is -2.65. The Morgan fingerprint density at radius 1 is 1.33 bits per heavy atom. The molecule has 1 heterocycles. The summed E-state index contributed by atoms with van der Waals surface area (Å²) < 4.78 is 1.35. The van der Waals surface area contributed by atoms with Crippen LogP contribution in [0.5, 0.6) is 0 Å². The molecule has 0 amide bonds. The number of aromatic nitrogens is 2. The van der Waals surface area contributed by atoms with Gasteiger partial charge in [-0.3, -0.25) is 4.79 Å². The summed E-state index contributed by atoms with van der Waals surface area (Å²) in [6.45, 7) is 1.82.